The van der Waals surface area contributed by atoms with Crippen molar-refractivity contribution in [3.8, 4) is 0 Å². The Morgan fingerprint density at radius 1 is 0.897 bits per heavy atom. The number of rotatable bonds is 4. The number of fused-ring (bicyclic) bond motifs is 3. The first-order valence-electron chi connectivity index (χ1n) is 10.2. The topological polar surface area (TPSA) is 59.4 Å². The van der Waals surface area contributed by atoms with Crippen molar-refractivity contribution in [3.05, 3.63) is 66.9 Å². The molecule has 0 spiro atoms. The molecule has 2 bridgehead atoms. The molecule has 150 valence electrons. The second-order valence-corrected chi connectivity index (χ2v) is 10.4. The predicted molar refractivity (Wildman–Crippen MR) is 112 cm³/mol. The summed E-state index contributed by atoms with van der Waals surface area (Å²) in [6.07, 6.45) is 4.81. The van der Waals surface area contributed by atoms with Gasteiger partial charge in [-0.1, -0.05) is 36.4 Å². The maximum atomic E-state index is 13.2. The molecule has 2 saturated heterocycles. The van der Waals surface area contributed by atoms with Crippen molar-refractivity contribution in [3.63, 3.8) is 0 Å². The Balaban J connectivity index is 1.35. The molecule has 2 fully saturated rings. The summed E-state index contributed by atoms with van der Waals surface area (Å²) in [6.45, 7) is 0.302. The SMILES string of the molecule is O=C(Cn1ccc2ccccc21)N1C2CCC1CC(S(=O)(=O)c1ccccc1)C2. The quantitative estimate of drug-likeness (QED) is 0.662. The number of carbonyl (C=O) groups excluding carboxylic acids is 1. The zero-order chi connectivity index (χ0) is 20.0. The number of carbonyl (C=O) groups is 1. The fourth-order valence-corrected chi connectivity index (χ4v) is 6.97. The van der Waals surface area contributed by atoms with Crippen molar-refractivity contribution < 1.29 is 13.2 Å². The van der Waals surface area contributed by atoms with Crippen LogP contribution in [0.4, 0.5) is 0 Å². The second-order valence-electron chi connectivity index (χ2n) is 8.14. The molecule has 2 unspecified atom stereocenters. The van der Waals surface area contributed by atoms with Gasteiger partial charge in [0.15, 0.2) is 9.84 Å². The summed E-state index contributed by atoms with van der Waals surface area (Å²) in [7, 11) is -3.36. The Bertz CT molecular complexity index is 1140. The third-order valence-corrected chi connectivity index (χ3v) is 8.67. The molecule has 0 aliphatic carbocycles. The summed E-state index contributed by atoms with van der Waals surface area (Å²) < 4.78 is 28.1. The first kappa shape index (κ1) is 18.4. The summed E-state index contributed by atoms with van der Waals surface area (Å²) in [5, 5.41) is 0.717. The molecule has 0 N–H and O–H groups in total. The second kappa shape index (κ2) is 7.02. The lowest BCUT2D eigenvalue weighted by atomic mass is 10.0. The number of piperidine rings is 1. The largest absolute Gasteiger partial charge is 0.338 e. The molecule has 3 heterocycles. The van der Waals surface area contributed by atoms with Crippen LogP contribution in [0.25, 0.3) is 10.9 Å². The zero-order valence-electron chi connectivity index (χ0n) is 16.1. The van der Waals surface area contributed by atoms with E-state index in [2.05, 4.69) is 0 Å². The Hall–Kier alpha value is -2.60. The summed E-state index contributed by atoms with van der Waals surface area (Å²) in [4.78, 5) is 15.5. The number of aromatic nitrogens is 1. The van der Waals surface area contributed by atoms with Crippen LogP contribution in [0.2, 0.25) is 0 Å². The number of para-hydroxylation sites is 1. The van der Waals surface area contributed by atoms with Crippen molar-refractivity contribution in [2.24, 2.45) is 0 Å². The van der Waals surface area contributed by atoms with Crippen molar-refractivity contribution in [1.82, 2.24) is 9.47 Å². The monoisotopic (exact) mass is 408 g/mol. The molecule has 2 atom stereocenters. The molecule has 2 aliphatic heterocycles. The molecule has 1 amide bonds. The van der Waals surface area contributed by atoms with Gasteiger partial charge in [0.05, 0.1) is 10.1 Å². The maximum Gasteiger partial charge on any atom is 0.243 e. The third kappa shape index (κ3) is 3.15. The van der Waals surface area contributed by atoms with Crippen molar-refractivity contribution in [2.75, 3.05) is 0 Å². The summed E-state index contributed by atoms with van der Waals surface area (Å²) in [6, 6.07) is 18.8. The van der Waals surface area contributed by atoms with Gasteiger partial charge >= 0.3 is 0 Å². The summed E-state index contributed by atoms with van der Waals surface area (Å²) >= 11 is 0. The van der Waals surface area contributed by atoms with Crippen molar-refractivity contribution >= 4 is 26.6 Å². The van der Waals surface area contributed by atoms with Gasteiger partial charge in [0, 0.05) is 23.8 Å². The average molecular weight is 409 g/mol. The van der Waals surface area contributed by atoms with Crippen LogP contribution in [0.15, 0.2) is 71.8 Å². The minimum Gasteiger partial charge on any atom is -0.338 e. The fraction of sp³-hybridized carbons (Fsp3) is 0.348. The zero-order valence-corrected chi connectivity index (χ0v) is 17.0. The van der Waals surface area contributed by atoms with Gasteiger partial charge in [0.2, 0.25) is 5.91 Å². The molecule has 6 heteroatoms. The van der Waals surface area contributed by atoms with Gasteiger partial charge in [-0.05, 0) is 55.3 Å². The molecule has 29 heavy (non-hydrogen) atoms. The van der Waals surface area contributed by atoms with E-state index >= 15 is 0 Å². The Kier molecular flexibility index (Phi) is 4.46. The number of hydrogen-bond donors (Lipinski definition) is 0. The Morgan fingerprint density at radius 3 is 2.28 bits per heavy atom. The van der Waals surface area contributed by atoms with Crippen LogP contribution in [0.5, 0.6) is 0 Å². The van der Waals surface area contributed by atoms with E-state index in [0.29, 0.717) is 24.3 Å². The van der Waals surface area contributed by atoms with Gasteiger partial charge in [0.1, 0.15) is 6.54 Å². The summed E-state index contributed by atoms with van der Waals surface area (Å²) in [5.74, 6) is 0.0920. The van der Waals surface area contributed by atoms with Crippen molar-refractivity contribution in [2.45, 2.75) is 54.5 Å². The molecule has 3 aromatic rings. The van der Waals surface area contributed by atoms with Crippen LogP contribution >= 0.6 is 0 Å². The smallest absolute Gasteiger partial charge is 0.243 e. The van der Waals surface area contributed by atoms with Gasteiger partial charge in [-0.25, -0.2) is 8.42 Å². The Labute approximate surface area is 170 Å². The third-order valence-electron chi connectivity index (χ3n) is 6.47. The number of benzene rings is 2. The van der Waals surface area contributed by atoms with Crippen LogP contribution in [-0.4, -0.2) is 41.1 Å². The van der Waals surface area contributed by atoms with Crippen LogP contribution in [-0.2, 0) is 21.2 Å². The van der Waals surface area contributed by atoms with E-state index in [1.54, 1.807) is 24.3 Å². The van der Waals surface area contributed by atoms with Gasteiger partial charge in [0.25, 0.3) is 0 Å². The average Bonchev–Trinajstić information content (AvgIpc) is 3.26. The molecule has 2 aliphatic rings. The van der Waals surface area contributed by atoms with Gasteiger partial charge in [-0.3, -0.25) is 4.79 Å². The number of amides is 1. The maximum absolute atomic E-state index is 13.2. The minimum atomic E-state index is -3.36. The predicted octanol–water partition coefficient (Wildman–Crippen LogP) is 3.64. The highest BCUT2D eigenvalue weighted by atomic mass is 32.2. The standard InChI is InChI=1S/C23H24N2O3S/c26-23(16-24-13-12-17-6-4-5-9-22(17)24)25-18-10-11-19(25)15-21(14-18)29(27,28)20-7-2-1-3-8-20/h1-9,12-13,18-19,21H,10-11,14-16H2. The van der Waals surface area contributed by atoms with Gasteiger partial charge in [-0.2, -0.15) is 0 Å². The molecule has 0 radical (unpaired) electrons. The van der Waals surface area contributed by atoms with Crippen LogP contribution < -0.4 is 0 Å². The van der Waals surface area contributed by atoms with E-state index in [1.807, 2.05) is 52.1 Å². The van der Waals surface area contributed by atoms with E-state index in [4.69, 9.17) is 0 Å². The molecular formula is C23H24N2O3S. The lowest BCUT2D eigenvalue weighted by molar-refractivity contribution is -0.136. The van der Waals surface area contributed by atoms with E-state index in [0.717, 1.165) is 23.7 Å². The first-order chi connectivity index (χ1) is 14.0. The van der Waals surface area contributed by atoms with E-state index in [1.165, 1.54) is 0 Å². The molecule has 2 aromatic carbocycles. The van der Waals surface area contributed by atoms with Crippen molar-refractivity contribution in [1.29, 1.82) is 0 Å². The normalized spacial score (nSPS) is 24.1. The number of nitrogens with zero attached hydrogens (tertiary/aromatic N) is 2. The van der Waals surface area contributed by atoms with Crippen LogP contribution in [0.1, 0.15) is 25.7 Å². The highest BCUT2D eigenvalue weighted by Crippen LogP contribution is 2.40. The van der Waals surface area contributed by atoms with Crippen LogP contribution in [0, 0.1) is 0 Å². The highest BCUT2D eigenvalue weighted by Gasteiger charge is 2.47. The summed E-state index contributed by atoms with van der Waals surface area (Å²) in [5.41, 5.74) is 1.05. The highest BCUT2D eigenvalue weighted by molar-refractivity contribution is 7.92. The van der Waals surface area contributed by atoms with E-state index in [-0.39, 0.29) is 18.0 Å². The Morgan fingerprint density at radius 2 is 1.55 bits per heavy atom. The minimum absolute atomic E-state index is 0.0200. The van der Waals surface area contributed by atoms with E-state index < -0.39 is 15.1 Å². The molecule has 5 nitrogen and oxygen atoms in total. The lowest BCUT2D eigenvalue weighted by Gasteiger charge is -2.38. The molecule has 0 saturated carbocycles. The molecular weight excluding hydrogens is 384 g/mol. The fourth-order valence-electron chi connectivity index (χ4n) is 5.10. The van der Waals surface area contributed by atoms with Gasteiger partial charge in [-0.15, -0.1) is 0 Å². The first-order valence-corrected chi connectivity index (χ1v) is 11.7. The lowest BCUT2D eigenvalue weighted by Crippen LogP contribution is -2.50. The molecule has 1 aromatic heterocycles. The molecule has 5 rings (SSSR count). The van der Waals surface area contributed by atoms with Gasteiger partial charge < -0.3 is 9.47 Å². The van der Waals surface area contributed by atoms with Crippen LogP contribution in [0.3, 0.4) is 0 Å². The van der Waals surface area contributed by atoms with E-state index in [9.17, 15) is 13.2 Å². The number of sulfone groups is 1. The number of hydrogen-bond acceptors (Lipinski definition) is 3.